The van der Waals surface area contributed by atoms with Gasteiger partial charge in [-0.15, -0.1) is 0 Å². The predicted molar refractivity (Wildman–Crippen MR) is 74.6 cm³/mol. The fourth-order valence-electron chi connectivity index (χ4n) is 1.93. The molecule has 3 heteroatoms. The minimum absolute atomic E-state index is 0.198. The molecule has 0 radical (unpaired) electrons. The van der Waals surface area contributed by atoms with Crippen molar-refractivity contribution in [1.82, 2.24) is 5.32 Å². The zero-order valence-corrected chi connectivity index (χ0v) is 11.2. The Labute approximate surface area is 113 Å². The number of rotatable bonds is 5. The van der Waals surface area contributed by atoms with Crippen molar-refractivity contribution < 1.29 is 9.13 Å². The quantitative estimate of drug-likeness (QED) is 0.884. The average molecular weight is 259 g/mol. The maximum atomic E-state index is 13.1. The summed E-state index contributed by atoms with van der Waals surface area (Å²) in [5.41, 5.74) is 2.12. The zero-order valence-electron chi connectivity index (χ0n) is 11.2. The molecular formula is C16H18FNO. The van der Waals surface area contributed by atoms with Crippen LogP contribution in [0.15, 0.2) is 48.5 Å². The van der Waals surface area contributed by atoms with Crippen LogP contribution in [0.25, 0.3) is 0 Å². The molecule has 0 saturated heterocycles. The van der Waals surface area contributed by atoms with Gasteiger partial charge in [0, 0.05) is 12.6 Å². The molecule has 1 N–H and O–H groups in total. The van der Waals surface area contributed by atoms with Gasteiger partial charge in [0.1, 0.15) is 11.6 Å². The molecule has 2 aromatic carbocycles. The van der Waals surface area contributed by atoms with Gasteiger partial charge >= 0.3 is 0 Å². The second-order valence-electron chi connectivity index (χ2n) is 4.51. The second kappa shape index (κ2) is 6.34. The Hall–Kier alpha value is -1.87. The van der Waals surface area contributed by atoms with E-state index < -0.39 is 0 Å². The molecule has 100 valence electrons. The molecule has 19 heavy (non-hydrogen) atoms. The van der Waals surface area contributed by atoms with Crippen molar-refractivity contribution >= 4 is 0 Å². The largest absolute Gasteiger partial charge is 0.497 e. The van der Waals surface area contributed by atoms with Gasteiger partial charge in [0.15, 0.2) is 0 Å². The van der Waals surface area contributed by atoms with E-state index in [-0.39, 0.29) is 11.9 Å². The molecule has 0 spiro atoms. The molecule has 2 rings (SSSR count). The first-order valence-corrected chi connectivity index (χ1v) is 6.31. The summed E-state index contributed by atoms with van der Waals surface area (Å²) in [4.78, 5) is 0. The number of benzene rings is 2. The van der Waals surface area contributed by atoms with Crippen LogP contribution in [-0.2, 0) is 6.54 Å². The highest BCUT2D eigenvalue weighted by Crippen LogP contribution is 2.17. The number of hydrogen-bond acceptors (Lipinski definition) is 2. The van der Waals surface area contributed by atoms with Crippen LogP contribution in [0.5, 0.6) is 5.75 Å². The maximum absolute atomic E-state index is 13.1. The van der Waals surface area contributed by atoms with E-state index in [9.17, 15) is 4.39 Å². The lowest BCUT2D eigenvalue weighted by molar-refractivity contribution is 0.414. The van der Waals surface area contributed by atoms with Crippen LogP contribution in [0.1, 0.15) is 24.1 Å². The van der Waals surface area contributed by atoms with Crippen LogP contribution < -0.4 is 10.1 Å². The summed E-state index contributed by atoms with van der Waals surface area (Å²) in [5.74, 6) is 0.650. The first kappa shape index (κ1) is 13.6. The highest BCUT2D eigenvalue weighted by atomic mass is 19.1. The van der Waals surface area contributed by atoms with E-state index in [1.54, 1.807) is 19.2 Å². The number of nitrogens with one attached hydrogen (secondary N) is 1. The number of hydrogen-bond donors (Lipinski definition) is 1. The van der Waals surface area contributed by atoms with E-state index in [0.29, 0.717) is 6.54 Å². The molecular weight excluding hydrogens is 241 g/mol. The Morgan fingerprint density at radius 2 is 1.89 bits per heavy atom. The molecule has 0 aliphatic rings. The first-order chi connectivity index (χ1) is 9.19. The normalized spacial score (nSPS) is 12.2. The third kappa shape index (κ3) is 3.80. The van der Waals surface area contributed by atoms with Crippen molar-refractivity contribution in [3.63, 3.8) is 0 Å². The van der Waals surface area contributed by atoms with Crippen LogP contribution in [0, 0.1) is 5.82 Å². The van der Waals surface area contributed by atoms with Crippen LogP contribution in [0.2, 0.25) is 0 Å². The van der Waals surface area contributed by atoms with E-state index in [1.165, 1.54) is 11.6 Å². The van der Waals surface area contributed by atoms with Gasteiger partial charge in [0.05, 0.1) is 7.11 Å². The van der Waals surface area contributed by atoms with Gasteiger partial charge in [0.25, 0.3) is 0 Å². The molecule has 1 atom stereocenters. The molecule has 2 aromatic rings. The Balaban J connectivity index is 1.95. The van der Waals surface area contributed by atoms with Gasteiger partial charge in [-0.1, -0.05) is 24.3 Å². The van der Waals surface area contributed by atoms with E-state index in [1.807, 2.05) is 30.3 Å². The van der Waals surface area contributed by atoms with Crippen molar-refractivity contribution in [3.8, 4) is 5.75 Å². The van der Waals surface area contributed by atoms with Crippen LogP contribution in [0.3, 0.4) is 0 Å². The summed E-state index contributed by atoms with van der Waals surface area (Å²) in [5, 5.41) is 3.37. The Morgan fingerprint density at radius 1 is 1.16 bits per heavy atom. The minimum Gasteiger partial charge on any atom is -0.497 e. The number of ether oxygens (including phenoxy) is 1. The fourth-order valence-corrected chi connectivity index (χ4v) is 1.93. The lowest BCUT2D eigenvalue weighted by Crippen LogP contribution is -2.18. The summed E-state index contributed by atoms with van der Waals surface area (Å²) < 4.78 is 18.2. The van der Waals surface area contributed by atoms with E-state index in [4.69, 9.17) is 4.74 Å². The molecule has 0 heterocycles. The van der Waals surface area contributed by atoms with Crippen molar-refractivity contribution in [2.75, 3.05) is 7.11 Å². The third-order valence-corrected chi connectivity index (χ3v) is 3.12. The summed E-state index contributed by atoms with van der Waals surface area (Å²) in [7, 11) is 1.65. The molecule has 0 aromatic heterocycles. The molecule has 0 aliphatic heterocycles. The van der Waals surface area contributed by atoms with Crippen molar-refractivity contribution in [3.05, 3.63) is 65.5 Å². The average Bonchev–Trinajstić information content (AvgIpc) is 2.45. The van der Waals surface area contributed by atoms with Gasteiger partial charge in [-0.3, -0.25) is 0 Å². The molecule has 0 saturated carbocycles. The highest BCUT2D eigenvalue weighted by Gasteiger charge is 2.05. The summed E-state index contributed by atoms with van der Waals surface area (Å²) in [6.07, 6.45) is 0. The summed E-state index contributed by atoms with van der Waals surface area (Å²) in [6, 6.07) is 14.8. The smallest absolute Gasteiger partial charge is 0.123 e. The minimum atomic E-state index is -0.198. The van der Waals surface area contributed by atoms with Crippen molar-refractivity contribution in [2.24, 2.45) is 0 Å². The highest BCUT2D eigenvalue weighted by molar-refractivity contribution is 5.29. The van der Waals surface area contributed by atoms with E-state index >= 15 is 0 Å². The maximum Gasteiger partial charge on any atom is 0.123 e. The topological polar surface area (TPSA) is 21.3 Å². The van der Waals surface area contributed by atoms with E-state index in [2.05, 4.69) is 12.2 Å². The Morgan fingerprint density at radius 3 is 2.53 bits per heavy atom. The first-order valence-electron chi connectivity index (χ1n) is 6.31. The monoisotopic (exact) mass is 259 g/mol. The van der Waals surface area contributed by atoms with Gasteiger partial charge in [0.2, 0.25) is 0 Å². The summed E-state index contributed by atoms with van der Waals surface area (Å²) in [6.45, 7) is 2.73. The molecule has 0 amide bonds. The lowest BCUT2D eigenvalue weighted by Gasteiger charge is -2.14. The molecule has 0 aliphatic carbocycles. The predicted octanol–water partition coefficient (Wildman–Crippen LogP) is 3.69. The summed E-state index contributed by atoms with van der Waals surface area (Å²) >= 11 is 0. The van der Waals surface area contributed by atoms with E-state index in [0.717, 1.165) is 11.3 Å². The second-order valence-corrected chi connectivity index (χ2v) is 4.51. The standard InChI is InChI=1S/C16H18FNO/c1-12(14-6-8-16(19-2)9-7-14)18-11-13-4-3-5-15(17)10-13/h3-10,12,18H,11H2,1-2H3/t12-/m1/s1. The zero-order chi connectivity index (χ0) is 13.7. The third-order valence-electron chi connectivity index (χ3n) is 3.12. The van der Waals surface area contributed by atoms with Crippen molar-refractivity contribution in [2.45, 2.75) is 19.5 Å². The van der Waals surface area contributed by atoms with Gasteiger partial charge in [-0.05, 0) is 42.3 Å². The molecule has 0 fully saturated rings. The van der Waals surface area contributed by atoms with Gasteiger partial charge in [-0.25, -0.2) is 4.39 Å². The number of halogens is 1. The van der Waals surface area contributed by atoms with Crippen LogP contribution in [0.4, 0.5) is 4.39 Å². The Bertz CT molecular complexity index is 525. The van der Waals surface area contributed by atoms with Crippen LogP contribution in [-0.4, -0.2) is 7.11 Å². The number of methoxy groups -OCH3 is 1. The van der Waals surface area contributed by atoms with Gasteiger partial charge < -0.3 is 10.1 Å². The van der Waals surface area contributed by atoms with Gasteiger partial charge in [-0.2, -0.15) is 0 Å². The molecule has 2 nitrogen and oxygen atoms in total. The fraction of sp³-hybridized carbons (Fsp3) is 0.250. The molecule has 0 bridgehead atoms. The van der Waals surface area contributed by atoms with Crippen LogP contribution >= 0.6 is 0 Å². The Kier molecular flexibility index (Phi) is 4.53. The van der Waals surface area contributed by atoms with Crippen molar-refractivity contribution in [1.29, 1.82) is 0 Å². The SMILES string of the molecule is COc1ccc([C@@H](C)NCc2cccc(F)c2)cc1. The molecule has 0 unspecified atom stereocenters. The lowest BCUT2D eigenvalue weighted by atomic mass is 10.1.